The fourth-order valence-corrected chi connectivity index (χ4v) is 7.37. The Kier molecular flexibility index (Phi) is 9.28. The van der Waals surface area contributed by atoms with Crippen LogP contribution in [0.15, 0.2) is 83.8 Å². The van der Waals surface area contributed by atoms with Gasteiger partial charge < -0.3 is 10.2 Å². The number of nitrogens with zero attached hydrogens (tertiary/aromatic N) is 2. The summed E-state index contributed by atoms with van der Waals surface area (Å²) in [6.45, 7) is -0.208. The molecule has 1 N–H and O–H groups in total. The topological polar surface area (TPSA) is 104 Å². The van der Waals surface area contributed by atoms with E-state index in [1.165, 1.54) is 17.0 Å². The summed E-state index contributed by atoms with van der Waals surface area (Å²) in [5.74, 6) is -1.33. The largest absolute Gasteiger partial charge is 0.352 e. The first kappa shape index (κ1) is 29.8. The maximum atomic E-state index is 14.0. The number of sulfonamides is 1. The molecule has 1 fully saturated rings. The quantitative estimate of drug-likeness (QED) is 0.351. The van der Waals surface area contributed by atoms with Crippen LogP contribution in [0.1, 0.15) is 60.0 Å². The second-order valence-corrected chi connectivity index (χ2v) is 13.1. The maximum absolute atomic E-state index is 14.0. The Morgan fingerprint density at radius 1 is 0.905 bits per heavy atom. The molecular weight excluding hydrogens is 574 g/mol. The van der Waals surface area contributed by atoms with Crippen molar-refractivity contribution in [2.75, 3.05) is 6.54 Å². The van der Waals surface area contributed by atoms with Gasteiger partial charge in [-0.05, 0) is 48.2 Å². The average Bonchev–Trinajstić information content (AvgIpc) is 3.19. The second kappa shape index (κ2) is 13.1. The smallest absolute Gasteiger partial charge is 0.269 e. The molecule has 8 nitrogen and oxygen atoms in total. The van der Waals surface area contributed by atoms with Gasteiger partial charge >= 0.3 is 0 Å². The maximum Gasteiger partial charge on any atom is 0.269 e. The third kappa shape index (κ3) is 6.68. The van der Waals surface area contributed by atoms with Crippen LogP contribution in [-0.2, 0) is 32.6 Å². The van der Waals surface area contributed by atoms with Crippen molar-refractivity contribution in [3.05, 3.63) is 101 Å². The molecule has 1 aliphatic heterocycles. The lowest BCUT2D eigenvalue weighted by Crippen LogP contribution is -2.53. The van der Waals surface area contributed by atoms with Crippen molar-refractivity contribution < 1.29 is 22.8 Å². The van der Waals surface area contributed by atoms with Gasteiger partial charge in [0, 0.05) is 37.0 Å². The number of halogens is 1. The number of hydrogen-bond acceptors (Lipinski definition) is 5. The highest BCUT2D eigenvalue weighted by Gasteiger charge is 2.41. The molecule has 0 bridgehead atoms. The number of benzene rings is 3. The van der Waals surface area contributed by atoms with Crippen LogP contribution in [0.5, 0.6) is 0 Å². The molecule has 5 rings (SSSR count). The van der Waals surface area contributed by atoms with Gasteiger partial charge in [0.25, 0.3) is 15.9 Å². The van der Waals surface area contributed by atoms with E-state index in [-0.39, 0.29) is 48.3 Å². The van der Waals surface area contributed by atoms with Gasteiger partial charge in [-0.2, -0.15) is 0 Å². The zero-order chi connectivity index (χ0) is 29.7. The summed E-state index contributed by atoms with van der Waals surface area (Å²) in [6.07, 6.45) is 5.03. The Morgan fingerprint density at radius 3 is 2.26 bits per heavy atom. The fourth-order valence-electron chi connectivity index (χ4n) is 5.68. The van der Waals surface area contributed by atoms with Crippen LogP contribution in [0.3, 0.4) is 0 Å². The summed E-state index contributed by atoms with van der Waals surface area (Å²) in [5, 5.41) is 3.73. The molecule has 3 aromatic rings. The van der Waals surface area contributed by atoms with Crippen molar-refractivity contribution in [2.45, 2.75) is 68.5 Å². The third-order valence-corrected chi connectivity index (χ3v) is 10.0. The van der Waals surface area contributed by atoms with Crippen molar-refractivity contribution in [3.8, 4) is 0 Å². The number of amides is 3. The highest BCUT2D eigenvalue weighted by Crippen LogP contribution is 2.30. The molecule has 3 aromatic carbocycles. The van der Waals surface area contributed by atoms with Crippen LogP contribution in [-0.4, -0.2) is 54.0 Å². The standard InChI is InChI=1S/C32H34ClN3O5S/c33-25-17-15-24(16-18-25)22-35(30(37)19-20-36-32(39)27-13-7-8-14-29(27)42(36,40)41)28(21-23-9-3-1-4-10-23)31(38)34-26-11-5-2-6-12-26/h1,3-4,7-10,13-18,26,28H,2,5-6,11-12,19-22H2,(H,34,38)/t28-/m0/s1. The first-order valence-corrected chi connectivity index (χ1v) is 16.1. The van der Waals surface area contributed by atoms with Crippen molar-refractivity contribution in [2.24, 2.45) is 0 Å². The fraction of sp³-hybridized carbons (Fsp3) is 0.344. The Labute approximate surface area is 251 Å². The molecule has 3 amide bonds. The van der Waals surface area contributed by atoms with Gasteiger partial charge in [0.1, 0.15) is 10.9 Å². The Hall–Kier alpha value is -3.69. The molecule has 1 aliphatic carbocycles. The molecule has 0 saturated heterocycles. The number of fused-ring (bicyclic) bond motifs is 1. The van der Waals surface area contributed by atoms with E-state index >= 15 is 0 Å². The van der Waals surface area contributed by atoms with E-state index in [0.717, 1.165) is 47.5 Å². The van der Waals surface area contributed by atoms with Crippen molar-refractivity contribution in [1.82, 2.24) is 14.5 Å². The summed E-state index contributed by atoms with van der Waals surface area (Å²) in [5.41, 5.74) is 1.76. The summed E-state index contributed by atoms with van der Waals surface area (Å²) in [7, 11) is -4.07. The zero-order valence-corrected chi connectivity index (χ0v) is 24.8. The number of rotatable bonds is 10. The molecule has 0 unspecified atom stereocenters. The molecule has 0 spiro atoms. The minimum absolute atomic E-state index is 0.0443. The number of carbonyl (C=O) groups excluding carboxylic acids is 3. The lowest BCUT2D eigenvalue weighted by Gasteiger charge is -2.34. The lowest BCUT2D eigenvalue weighted by atomic mass is 9.94. The van der Waals surface area contributed by atoms with Crippen molar-refractivity contribution in [3.63, 3.8) is 0 Å². The summed E-state index contributed by atoms with van der Waals surface area (Å²) in [4.78, 5) is 42.3. The molecule has 1 atom stereocenters. The van der Waals surface area contributed by atoms with E-state index in [1.54, 1.807) is 36.4 Å². The third-order valence-electron chi connectivity index (χ3n) is 7.93. The molecule has 1 saturated carbocycles. The van der Waals surface area contributed by atoms with Gasteiger partial charge in [-0.15, -0.1) is 0 Å². The van der Waals surface area contributed by atoms with E-state index < -0.39 is 27.9 Å². The molecule has 1 heterocycles. The van der Waals surface area contributed by atoms with Crippen LogP contribution < -0.4 is 5.32 Å². The highest BCUT2D eigenvalue weighted by atomic mass is 35.5. The summed E-state index contributed by atoms with van der Waals surface area (Å²) >= 11 is 6.10. The molecule has 0 aromatic heterocycles. The molecule has 42 heavy (non-hydrogen) atoms. The molecule has 220 valence electrons. The van der Waals surface area contributed by atoms with Crippen LogP contribution in [0.4, 0.5) is 0 Å². The van der Waals surface area contributed by atoms with Gasteiger partial charge in [-0.1, -0.05) is 85.5 Å². The van der Waals surface area contributed by atoms with Crippen molar-refractivity contribution in [1.29, 1.82) is 0 Å². The number of hydrogen-bond donors (Lipinski definition) is 1. The van der Waals surface area contributed by atoms with Gasteiger partial charge in [0.05, 0.1) is 5.56 Å². The van der Waals surface area contributed by atoms with E-state index in [0.29, 0.717) is 5.02 Å². The molecule has 10 heteroatoms. The number of nitrogens with one attached hydrogen (secondary N) is 1. The zero-order valence-electron chi connectivity index (χ0n) is 23.2. The SMILES string of the molecule is O=C(NC1CCCCC1)[C@H](Cc1ccccc1)N(Cc1ccc(Cl)cc1)C(=O)CCN1C(=O)c2ccccc2S1(=O)=O. The minimum Gasteiger partial charge on any atom is -0.352 e. The first-order valence-electron chi connectivity index (χ1n) is 14.3. The van der Waals surface area contributed by atoms with Crippen LogP contribution in [0.2, 0.25) is 5.02 Å². The predicted octanol–water partition coefficient (Wildman–Crippen LogP) is 4.96. The Morgan fingerprint density at radius 2 is 1.57 bits per heavy atom. The van der Waals surface area contributed by atoms with Gasteiger partial charge in [-0.3, -0.25) is 14.4 Å². The van der Waals surface area contributed by atoms with Crippen LogP contribution >= 0.6 is 11.6 Å². The first-order chi connectivity index (χ1) is 20.2. The molecule has 0 radical (unpaired) electrons. The van der Waals surface area contributed by atoms with E-state index in [2.05, 4.69) is 5.32 Å². The van der Waals surface area contributed by atoms with E-state index in [1.807, 2.05) is 30.3 Å². The minimum atomic E-state index is -4.07. The number of carbonyl (C=O) groups is 3. The molecule has 2 aliphatic rings. The summed E-state index contributed by atoms with van der Waals surface area (Å²) < 4.78 is 27.0. The Balaban J connectivity index is 1.42. The second-order valence-electron chi connectivity index (χ2n) is 10.8. The lowest BCUT2D eigenvalue weighted by molar-refractivity contribution is -0.141. The van der Waals surface area contributed by atoms with Gasteiger partial charge in [-0.25, -0.2) is 12.7 Å². The van der Waals surface area contributed by atoms with Crippen LogP contribution in [0.25, 0.3) is 0 Å². The van der Waals surface area contributed by atoms with Gasteiger partial charge in [0.15, 0.2) is 0 Å². The Bertz CT molecular complexity index is 1540. The van der Waals surface area contributed by atoms with E-state index in [9.17, 15) is 22.8 Å². The van der Waals surface area contributed by atoms with Gasteiger partial charge in [0.2, 0.25) is 11.8 Å². The highest BCUT2D eigenvalue weighted by molar-refractivity contribution is 7.90. The average molecular weight is 608 g/mol. The normalized spacial score (nSPS) is 17.0. The van der Waals surface area contributed by atoms with E-state index in [4.69, 9.17) is 11.6 Å². The summed E-state index contributed by atoms with van der Waals surface area (Å²) in [6, 6.07) is 21.8. The van der Waals surface area contributed by atoms with Crippen LogP contribution in [0, 0.1) is 0 Å². The molecular formula is C32H34ClN3O5S. The predicted molar refractivity (Wildman–Crippen MR) is 160 cm³/mol. The monoisotopic (exact) mass is 607 g/mol. The van der Waals surface area contributed by atoms with Crippen molar-refractivity contribution >= 4 is 39.3 Å².